The summed E-state index contributed by atoms with van der Waals surface area (Å²) < 4.78 is 6.00. The zero-order valence-electron chi connectivity index (χ0n) is 17.6. The highest BCUT2D eigenvalue weighted by atomic mass is 16.5. The molecule has 5 nitrogen and oxygen atoms in total. The second-order valence-corrected chi connectivity index (χ2v) is 8.37. The molecular formula is C25H30N2O3. The van der Waals surface area contributed by atoms with Crippen LogP contribution in [0.4, 0.5) is 0 Å². The third kappa shape index (κ3) is 4.73. The van der Waals surface area contributed by atoms with E-state index in [0.29, 0.717) is 31.8 Å². The maximum atomic E-state index is 13.3. The number of aryl methyl sites for hydroxylation is 1. The lowest BCUT2D eigenvalue weighted by Gasteiger charge is -2.38. The lowest BCUT2D eigenvalue weighted by atomic mass is 10.1. The minimum absolute atomic E-state index is 0.0289. The van der Waals surface area contributed by atoms with Gasteiger partial charge in [0, 0.05) is 36.8 Å². The summed E-state index contributed by atoms with van der Waals surface area (Å²) in [6, 6.07) is 17.4. The normalized spacial score (nSPS) is 19.6. The number of amides is 2. The number of hydrogen-bond donors (Lipinski definition) is 0. The van der Waals surface area contributed by atoms with E-state index in [4.69, 9.17) is 4.74 Å². The van der Waals surface area contributed by atoms with E-state index in [9.17, 15) is 9.59 Å². The SMILES string of the molecule is Cc1ccc(C(=O)N(CC2CN(C(=O)c3ccccc3)CCO2)C2CCCC2)cc1. The van der Waals surface area contributed by atoms with E-state index in [0.717, 1.165) is 36.8 Å². The Kier molecular flexibility index (Phi) is 6.48. The van der Waals surface area contributed by atoms with Crippen molar-refractivity contribution < 1.29 is 14.3 Å². The van der Waals surface area contributed by atoms with Gasteiger partial charge in [-0.15, -0.1) is 0 Å². The Morgan fingerprint density at radius 2 is 1.70 bits per heavy atom. The van der Waals surface area contributed by atoms with E-state index in [1.165, 1.54) is 0 Å². The monoisotopic (exact) mass is 406 g/mol. The Morgan fingerprint density at radius 3 is 2.40 bits per heavy atom. The fourth-order valence-corrected chi connectivity index (χ4v) is 4.47. The highest BCUT2D eigenvalue weighted by Gasteiger charge is 2.32. The molecule has 1 atom stereocenters. The van der Waals surface area contributed by atoms with Crippen LogP contribution in [0.25, 0.3) is 0 Å². The number of benzene rings is 2. The van der Waals surface area contributed by atoms with Crippen LogP contribution in [0.1, 0.15) is 52.0 Å². The molecule has 0 spiro atoms. The van der Waals surface area contributed by atoms with Crippen molar-refractivity contribution in [2.75, 3.05) is 26.2 Å². The highest BCUT2D eigenvalue weighted by molar-refractivity contribution is 5.95. The van der Waals surface area contributed by atoms with Crippen LogP contribution in [0.5, 0.6) is 0 Å². The smallest absolute Gasteiger partial charge is 0.254 e. The van der Waals surface area contributed by atoms with Crippen molar-refractivity contribution in [1.29, 1.82) is 0 Å². The van der Waals surface area contributed by atoms with Gasteiger partial charge in [-0.05, 0) is 44.0 Å². The Morgan fingerprint density at radius 1 is 1.00 bits per heavy atom. The van der Waals surface area contributed by atoms with Gasteiger partial charge in [0.05, 0.1) is 12.7 Å². The molecule has 2 aromatic rings. The standard InChI is InChI=1S/C25H30N2O3/c1-19-11-13-21(14-12-19)25(29)27(22-9-5-6-10-22)18-23-17-26(15-16-30-23)24(28)20-7-3-2-4-8-20/h2-4,7-8,11-14,22-23H,5-6,9-10,15-18H2,1H3. The molecule has 0 radical (unpaired) electrons. The molecule has 2 fully saturated rings. The predicted molar refractivity (Wildman–Crippen MR) is 117 cm³/mol. The van der Waals surface area contributed by atoms with Gasteiger partial charge in [-0.1, -0.05) is 48.7 Å². The Bertz CT molecular complexity index is 860. The lowest BCUT2D eigenvalue weighted by Crippen LogP contribution is -2.52. The largest absolute Gasteiger partial charge is 0.373 e. The van der Waals surface area contributed by atoms with Crippen LogP contribution in [-0.2, 0) is 4.74 Å². The van der Waals surface area contributed by atoms with E-state index in [-0.39, 0.29) is 24.0 Å². The zero-order valence-corrected chi connectivity index (χ0v) is 17.6. The molecule has 1 aliphatic carbocycles. The predicted octanol–water partition coefficient (Wildman–Crippen LogP) is 3.92. The topological polar surface area (TPSA) is 49.9 Å². The van der Waals surface area contributed by atoms with Gasteiger partial charge in [0.15, 0.2) is 0 Å². The summed E-state index contributed by atoms with van der Waals surface area (Å²) in [7, 11) is 0. The average molecular weight is 407 g/mol. The van der Waals surface area contributed by atoms with Crippen LogP contribution < -0.4 is 0 Å². The molecule has 2 amide bonds. The van der Waals surface area contributed by atoms with Crippen LogP contribution >= 0.6 is 0 Å². The molecule has 0 N–H and O–H groups in total. The third-order valence-corrected chi connectivity index (χ3v) is 6.17. The number of rotatable bonds is 5. The zero-order chi connectivity index (χ0) is 20.9. The summed E-state index contributed by atoms with van der Waals surface area (Å²) in [6.07, 6.45) is 4.23. The van der Waals surface area contributed by atoms with E-state index < -0.39 is 0 Å². The van der Waals surface area contributed by atoms with Gasteiger partial charge in [-0.25, -0.2) is 0 Å². The van der Waals surface area contributed by atoms with Gasteiger partial charge in [0.25, 0.3) is 11.8 Å². The van der Waals surface area contributed by atoms with Crippen LogP contribution in [-0.4, -0.2) is 60.0 Å². The Hall–Kier alpha value is -2.66. The summed E-state index contributed by atoms with van der Waals surface area (Å²) in [4.78, 5) is 30.1. The summed E-state index contributed by atoms with van der Waals surface area (Å²) >= 11 is 0. The van der Waals surface area contributed by atoms with Crippen LogP contribution in [0.3, 0.4) is 0 Å². The minimum atomic E-state index is -0.165. The molecule has 1 saturated carbocycles. The number of morpholine rings is 1. The van der Waals surface area contributed by atoms with Crippen molar-refractivity contribution in [1.82, 2.24) is 9.80 Å². The molecule has 2 aromatic carbocycles. The molecule has 1 aliphatic heterocycles. The Labute approximate surface area is 178 Å². The number of carbonyl (C=O) groups is 2. The average Bonchev–Trinajstić information content (AvgIpc) is 3.32. The van der Waals surface area contributed by atoms with Gasteiger partial charge in [-0.3, -0.25) is 9.59 Å². The first-order valence-electron chi connectivity index (χ1n) is 11.0. The molecule has 158 valence electrons. The van der Waals surface area contributed by atoms with E-state index >= 15 is 0 Å². The maximum Gasteiger partial charge on any atom is 0.254 e. The fraction of sp³-hybridized carbons (Fsp3) is 0.440. The minimum Gasteiger partial charge on any atom is -0.373 e. The molecule has 1 unspecified atom stereocenters. The third-order valence-electron chi connectivity index (χ3n) is 6.17. The fourth-order valence-electron chi connectivity index (χ4n) is 4.47. The first-order valence-corrected chi connectivity index (χ1v) is 11.0. The summed E-state index contributed by atoms with van der Waals surface area (Å²) in [5, 5.41) is 0. The van der Waals surface area contributed by atoms with E-state index in [1.54, 1.807) is 0 Å². The quantitative estimate of drug-likeness (QED) is 0.756. The Balaban J connectivity index is 1.47. The van der Waals surface area contributed by atoms with Crippen LogP contribution in [0, 0.1) is 6.92 Å². The van der Waals surface area contributed by atoms with Gasteiger partial charge in [-0.2, -0.15) is 0 Å². The molecule has 4 rings (SSSR count). The first-order chi connectivity index (χ1) is 14.6. The van der Waals surface area contributed by atoms with E-state index in [2.05, 4.69) is 0 Å². The van der Waals surface area contributed by atoms with Gasteiger partial charge < -0.3 is 14.5 Å². The number of hydrogen-bond acceptors (Lipinski definition) is 3. The van der Waals surface area contributed by atoms with Crippen molar-refractivity contribution in [3.63, 3.8) is 0 Å². The van der Waals surface area contributed by atoms with Crippen molar-refractivity contribution >= 4 is 11.8 Å². The summed E-state index contributed by atoms with van der Waals surface area (Å²) in [5.74, 6) is 0.0955. The molecule has 2 aliphatic rings. The molecule has 5 heteroatoms. The van der Waals surface area contributed by atoms with Gasteiger partial charge in [0.1, 0.15) is 0 Å². The van der Waals surface area contributed by atoms with Gasteiger partial charge >= 0.3 is 0 Å². The molecular weight excluding hydrogens is 376 g/mol. The second-order valence-electron chi connectivity index (χ2n) is 8.37. The van der Waals surface area contributed by atoms with E-state index in [1.807, 2.05) is 71.3 Å². The molecule has 30 heavy (non-hydrogen) atoms. The van der Waals surface area contributed by atoms with Crippen LogP contribution in [0.2, 0.25) is 0 Å². The first kappa shape index (κ1) is 20.6. The molecule has 0 bridgehead atoms. The van der Waals surface area contributed by atoms with Gasteiger partial charge in [0.2, 0.25) is 0 Å². The van der Waals surface area contributed by atoms with Crippen molar-refractivity contribution in [3.05, 3.63) is 71.3 Å². The van der Waals surface area contributed by atoms with Crippen molar-refractivity contribution in [2.24, 2.45) is 0 Å². The van der Waals surface area contributed by atoms with Crippen LogP contribution in [0.15, 0.2) is 54.6 Å². The number of ether oxygens (including phenoxy) is 1. The van der Waals surface area contributed by atoms with Crippen molar-refractivity contribution in [2.45, 2.75) is 44.8 Å². The highest BCUT2D eigenvalue weighted by Crippen LogP contribution is 2.26. The summed E-state index contributed by atoms with van der Waals surface area (Å²) in [6.45, 7) is 4.14. The molecule has 1 heterocycles. The summed E-state index contributed by atoms with van der Waals surface area (Å²) in [5.41, 5.74) is 2.56. The lowest BCUT2D eigenvalue weighted by molar-refractivity contribution is -0.0370. The second kappa shape index (κ2) is 9.43. The maximum absolute atomic E-state index is 13.3. The number of nitrogens with zero attached hydrogens (tertiary/aromatic N) is 2. The van der Waals surface area contributed by atoms with Crippen molar-refractivity contribution in [3.8, 4) is 0 Å². The number of carbonyl (C=O) groups excluding carboxylic acids is 2. The molecule has 1 saturated heterocycles. The molecule has 0 aromatic heterocycles.